The molecule has 164 valence electrons. The number of anilines is 1. The van der Waals surface area contributed by atoms with Crippen LogP contribution in [0, 0.1) is 32.6 Å². The van der Waals surface area contributed by atoms with Crippen LogP contribution in [0.1, 0.15) is 52.5 Å². The number of carbonyl (C=O) groups excluding carboxylic acids is 1. The Labute approximate surface area is 186 Å². The summed E-state index contributed by atoms with van der Waals surface area (Å²) in [6.07, 6.45) is 1.24. The number of benzene rings is 1. The molecule has 4 rings (SSSR count). The minimum Gasteiger partial charge on any atom is -0.321 e. The van der Waals surface area contributed by atoms with Crippen LogP contribution < -0.4 is 10.9 Å². The van der Waals surface area contributed by atoms with E-state index in [1.54, 1.807) is 0 Å². The molecule has 2 aromatic heterocycles. The quantitative estimate of drug-likeness (QED) is 0.622. The molecule has 2 unspecified atom stereocenters. The highest BCUT2D eigenvalue weighted by atomic mass is 32.1. The summed E-state index contributed by atoms with van der Waals surface area (Å²) in [6, 6.07) is 5.92. The van der Waals surface area contributed by atoms with Gasteiger partial charge in [-0.15, -0.1) is 11.3 Å². The van der Waals surface area contributed by atoms with Crippen LogP contribution in [-0.2, 0) is 6.54 Å². The van der Waals surface area contributed by atoms with Crippen LogP contribution in [0.25, 0.3) is 10.2 Å². The van der Waals surface area contributed by atoms with Crippen molar-refractivity contribution >= 4 is 33.1 Å². The van der Waals surface area contributed by atoms with Gasteiger partial charge in [-0.1, -0.05) is 31.5 Å². The summed E-state index contributed by atoms with van der Waals surface area (Å²) in [5.74, 6) is 1.75. The van der Waals surface area contributed by atoms with Crippen molar-refractivity contribution in [2.24, 2.45) is 11.8 Å². The smallest absolute Gasteiger partial charge is 0.266 e. The molecule has 0 bridgehead atoms. The zero-order valence-electron chi connectivity index (χ0n) is 18.8. The molecule has 1 aliphatic rings. The molecule has 1 aliphatic heterocycles. The highest BCUT2D eigenvalue weighted by Gasteiger charge is 2.24. The molecular weight excluding hydrogens is 408 g/mol. The molecule has 2 atom stereocenters. The second kappa shape index (κ2) is 8.55. The number of fused-ring (bicyclic) bond motifs is 1. The van der Waals surface area contributed by atoms with E-state index in [4.69, 9.17) is 4.98 Å². The van der Waals surface area contributed by atoms with Crippen molar-refractivity contribution in [2.45, 2.75) is 47.6 Å². The fraction of sp³-hybridized carbons (Fsp3) is 0.458. The minimum absolute atomic E-state index is 0.169. The van der Waals surface area contributed by atoms with Crippen molar-refractivity contribution in [1.29, 1.82) is 0 Å². The van der Waals surface area contributed by atoms with Gasteiger partial charge in [0.05, 0.1) is 16.8 Å². The molecule has 3 heterocycles. The van der Waals surface area contributed by atoms with Crippen LogP contribution in [0.4, 0.5) is 5.69 Å². The van der Waals surface area contributed by atoms with Crippen molar-refractivity contribution in [1.82, 2.24) is 14.9 Å². The normalized spacial score (nSPS) is 19.6. The van der Waals surface area contributed by atoms with Gasteiger partial charge in [0.1, 0.15) is 10.7 Å². The molecule has 0 radical (unpaired) electrons. The molecule has 2 N–H and O–H groups in total. The summed E-state index contributed by atoms with van der Waals surface area (Å²) in [5.41, 5.74) is 3.45. The number of aromatic amines is 1. The molecule has 0 aliphatic carbocycles. The number of hydrogen-bond donors (Lipinski definition) is 2. The average molecular weight is 439 g/mol. The zero-order chi connectivity index (χ0) is 22.3. The number of H-pyrrole nitrogens is 1. The molecule has 6 nitrogen and oxygen atoms in total. The summed E-state index contributed by atoms with van der Waals surface area (Å²) >= 11 is 1.29. The summed E-state index contributed by atoms with van der Waals surface area (Å²) in [6.45, 7) is 13.0. The van der Waals surface area contributed by atoms with Gasteiger partial charge in [0.15, 0.2) is 0 Å². The molecule has 1 amide bonds. The predicted octanol–water partition coefficient (Wildman–Crippen LogP) is 4.64. The summed E-state index contributed by atoms with van der Waals surface area (Å²) in [7, 11) is 0. The highest BCUT2D eigenvalue weighted by molar-refractivity contribution is 7.20. The number of rotatable bonds is 4. The first kappa shape index (κ1) is 21.7. The van der Waals surface area contributed by atoms with Crippen LogP contribution >= 0.6 is 11.3 Å². The summed E-state index contributed by atoms with van der Waals surface area (Å²) < 4.78 is 0. The minimum atomic E-state index is -0.202. The van der Waals surface area contributed by atoms with E-state index in [9.17, 15) is 9.59 Å². The second-order valence-corrected chi connectivity index (χ2v) is 10.2. The van der Waals surface area contributed by atoms with Gasteiger partial charge in [0, 0.05) is 18.8 Å². The maximum absolute atomic E-state index is 13.0. The third-order valence-electron chi connectivity index (χ3n) is 6.00. The number of aromatic nitrogens is 2. The van der Waals surface area contributed by atoms with E-state index < -0.39 is 0 Å². The van der Waals surface area contributed by atoms with Crippen molar-refractivity contribution < 1.29 is 4.79 Å². The largest absolute Gasteiger partial charge is 0.321 e. The Hall–Kier alpha value is -2.51. The lowest BCUT2D eigenvalue weighted by Gasteiger charge is -2.34. The zero-order valence-corrected chi connectivity index (χ0v) is 19.7. The van der Waals surface area contributed by atoms with Crippen molar-refractivity contribution in [3.05, 3.63) is 55.9 Å². The van der Waals surface area contributed by atoms with Crippen LogP contribution in [-0.4, -0.2) is 33.9 Å². The van der Waals surface area contributed by atoms with E-state index in [1.807, 2.05) is 39.0 Å². The Kier molecular flexibility index (Phi) is 5.99. The Bertz CT molecular complexity index is 1190. The first-order chi connectivity index (χ1) is 14.7. The summed E-state index contributed by atoms with van der Waals surface area (Å²) in [5, 5.41) is 3.50. The number of aryl methyl sites for hydroxylation is 3. The van der Waals surface area contributed by atoms with Gasteiger partial charge in [0.2, 0.25) is 0 Å². The van der Waals surface area contributed by atoms with E-state index in [1.165, 1.54) is 17.8 Å². The van der Waals surface area contributed by atoms with Gasteiger partial charge in [0.25, 0.3) is 11.5 Å². The van der Waals surface area contributed by atoms with E-state index in [2.05, 4.69) is 29.0 Å². The van der Waals surface area contributed by atoms with Crippen LogP contribution in [0.15, 0.2) is 23.0 Å². The Morgan fingerprint density at radius 1 is 1.23 bits per heavy atom. The Morgan fingerprint density at radius 2 is 1.94 bits per heavy atom. The molecule has 0 spiro atoms. The third-order valence-corrected chi connectivity index (χ3v) is 7.19. The van der Waals surface area contributed by atoms with E-state index >= 15 is 0 Å². The summed E-state index contributed by atoms with van der Waals surface area (Å²) in [4.78, 5) is 37.0. The van der Waals surface area contributed by atoms with Crippen LogP contribution in [0.2, 0.25) is 0 Å². The number of carbonyl (C=O) groups is 1. The molecular formula is C24H30N4O2S. The van der Waals surface area contributed by atoms with E-state index in [0.29, 0.717) is 44.9 Å². The number of thiophene rings is 1. The van der Waals surface area contributed by atoms with Crippen LogP contribution in [0.3, 0.4) is 0 Å². The molecule has 31 heavy (non-hydrogen) atoms. The lowest BCUT2D eigenvalue weighted by molar-refractivity contribution is 0.103. The van der Waals surface area contributed by atoms with Gasteiger partial charge in [-0.2, -0.15) is 0 Å². The molecule has 1 fully saturated rings. The van der Waals surface area contributed by atoms with Gasteiger partial charge in [-0.25, -0.2) is 4.98 Å². The van der Waals surface area contributed by atoms with E-state index in [-0.39, 0.29) is 11.5 Å². The Morgan fingerprint density at radius 3 is 2.61 bits per heavy atom. The van der Waals surface area contributed by atoms with Gasteiger partial charge in [-0.05, 0) is 56.2 Å². The maximum Gasteiger partial charge on any atom is 0.266 e. The van der Waals surface area contributed by atoms with Gasteiger partial charge in [-0.3, -0.25) is 14.5 Å². The third kappa shape index (κ3) is 4.57. The predicted molar refractivity (Wildman–Crippen MR) is 127 cm³/mol. The standard InChI is InChI=1S/C24H30N4O2S/c1-13-6-7-18(16(4)9-13)25-23(30)21-17(5)20-22(29)26-19(27-24(20)31-21)12-28-10-14(2)8-15(3)11-28/h6-7,9,14-15H,8,10-12H2,1-5H3,(H,25,30)(H,26,27,29). The van der Waals surface area contributed by atoms with Crippen molar-refractivity contribution in [2.75, 3.05) is 18.4 Å². The number of piperidine rings is 1. The monoisotopic (exact) mass is 438 g/mol. The average Bonchev–Trinajstić information content (AvgIpc) is 3.00. The molecule has 1 aromatic carbocycles. The van der Waals surface area contributed by atoms with Crippen molar-refractivity contribution in [3.8, 4) is 0 Å². The first-order valence-corrected chi connectivity index (χ1v) is 11.7. The topological polar surface area (TPSA) is 78.1 Å². The number of hydrogen-bond acceptors (Lipinski definition) is 5. The maximum atomic E-state index is 13.0. The second-order valence-electron chi connectivity index (χ2n) is 9.16. The van der Waals surface area contributed by atoms with Crippen molar-refractivity contribution in [3.63, 3.8) is 0 Å². The number of nitrogens with zero attached hydrogens (tertiary/aromatic N) is 2. The van der Waals surface area contributed by atoms with Gasteiger partial charge >= 0.3 is 0 Å². The van der Waals surface area contributed by atoms with Gasteiger partial charge < -0.3 is 10.3 Å². The fourth-order valence-corrected chi connectivity index (χ4v) is 5.84. The SMILES string of the molecule is Cc1ccc(NC(=O)c2sc3nc(CN4CC(C)CC(C)C4)[nH]c(=O)c3c2C)c(C)c1. The highest BCUT2D eigenvalue weighted by Crippen LogP contribution is 2.29. The fourth-order valence-electron chi connectivity index (χ4n) is 4.75. The number of likely N-dealkylation sites (tertiary alicyclic amines) is 1. The number of nitrogens with one attached hydrogen (secondary N) is 2. The molecule has 0 saturated carbocycles. The number of amides is 1. The van der Waals surface area contributed by atoms with E-state index in [0.717, 1.165) is 29.9 Å². The molecule has 7 heteroatoms. The molecule has 1 saturated heterocycles. The lowest BCUT2D eigenvalue weighted by atomic mass is 9.92. The van der Waals surface area contributed by atoms with Crippen LogP contribution in [0.5, 0.6) is 0 Å². The Balaban J connectivity index is 1.61. The first-order valence-electron chi connectivity index (χ1n) is 10.8. The molecule has 3 aromatic rings. The lowest BCUT2D eigenvalue weighted by Crippen LogP contribution is -2.38.